The van der Waals surface area contributed by atoms with E-state index in [1.54, 1.807) is 0 Å². The lowest BCUT2D eigenvalue weighted by Crippen LogP contribution is -1.94. The fourth-order valence-corrected chi connectivity index (χ4v) is 0.714. The number of nitrogens with one attached hydrogen (secondary N) is 3. The van der Waals surface area contributed by atoms with Gasteiger partial charge in [-0.25, -0.2) is 5.10 Å². The van der Waals surface area contributed by atoms with Crippen molar-refractivity contribution in [2.75, 3.05) is 12.4 Å². The van der Waals surface area contributed by atoms with Crippen molar-refractivity contribution in [3.63, 3.8) is 0 Å². The third-order valence-electron chi connectivity index (χ3n) is 1.22. The molecule has 0 aliphatic heterocycles. The van der Waals surface area contributed by atoms with E-state index >= 15 is 0 Å². The summed E-state index contributed by atoms with van der Waals surface area (Å²) in [4.78, 5) is 3.88. The van der Waals surface area contributed by atoms with Gasteiger partial charge in [-0.05, 0) is 5.21 Å². The van der Waals surface area contributed by atoms with Crippen LogP contribution in [0.5, 0.6) is 6.01 Å². The van der Waals surface area contributed by atoms with E-state index in [2.05, 4.69) is 41.1 Å². The van der Waals surface area contributed by atoms with Crippen molar-refractivity contribution in [2.24, 2.45) is 0 Å². The highest BCUT2D eigenvalue weighted by Crippen LogP contribution is 2.07. The Morgan fingerprint density at radius 1 is 1.38 bits per heavy atom. The van der Waals surface area contributed by atoms with Crippen molar-refractivity contribution in [2.45, 2.75) is 0 Å². The largest absolute Gasteiger partial charge is 0.466 e. The van der Waals surface area contributed by atoms with Gasteiger partial charge in [0.2, 0.25) is 5.95 Å². The average Bonchev–Trinajstić information content (AvgIpc) is 2.76. The van der Waals surface area contributed by atoms with Crippen LogP contribution in [0.15, 0.2) is 0 Å². The average molecular weight is 182 g/mol. The Labute approximate surface area is 71.9 Å². The summed E-state index contributed by atoms with van der Waals surface area (Å²) >= 11 is 0. The summed E-state index contributed by atoms with van der Waals surface area (Å²) < 4.78 is 4.76. The van der Waals surface area contributed by atoms with Crippen LogP contribution in [0.2, 0.25) is 0 Å². The molecule has 0 spiro atoms. The van der Waals surface area contributed by atoms with E-state index in [0.717, 1.165) is 0 Å². The molecule has 0 saturated carbocycles. The molecule has 0 radical (unpaired) electrons. The minimum Gasteiger partial charge on any atom is -0.466 e. The Morgan fingerprint density at radius 3 is 2.92 bits per heavy atom. The van der Waals surface area contributed by atoms with Gasteiger partial charge in [0.05, 0.1) is 7.11 Å². The maximum Gasteiger partial charge on any atom is 0.336 e. The van der Waals surface area contributed by atoms with Gasteiger partial charge in [0.1, 0.15) is 0 Å². The third kappa shape index (κ3) is 1.52. The Bertz CT molecular complexity index is 365. The smallest absolute Gasteiger partial charge is 0.336 e. The SMILES string of the molecule is COc1n[nH]c(Nc2nn[nH]n2)n1. The number of H-pyrrole nitrogens is 2. The van der Waals surface area contributed by atoms with Crippen molar-refractivity contribution >= 4 is 11.9 Å². The molecule has 0 atom stereocenters. The zero-order valence-electron chi connectivity index (χ0n) is 6.64. The number of hydrogen-bond donors (Lipinski definition) is 3. The van der Waals surface area contributed by atoms with Crippen LogP contribution < -0.4 is 10.1 Å². The number of hydrogen-bond acceptors (Lipinski definition) is 7. The highest BCUT2D eigenvalue weighted by Gasteiger charge is 2.04. The molecule has 0 saturated heterocycles. The molecule has 2 aromatic rings. The minimum absolute atomic E-state index is 0.242. The van der Waals surface area contributed by atoms with Crippen LogP contribution in [0.1, 0.15) is 0 Å². The highest BCUT2D eigenvalue weighted by molar-refractivity contribution is 5.40. The van der Waals surface area contributed by atoms with Crippen molar-refractivity contribution in [3.8, 4) is 6.01 Å². The van der Waals surface area contributed by atoms with Crippen molar-refractivity contribution in [1.82, 2.24) is 35.8 Å². The molecule has 0 aromatic carbocycles. The lowest BCUT2D eigenvalue weighted by Gasteiger charge is -1.91. The molecule has 9 heteroatoms. The molecule has 68 valence electrons. The highest BCUT2D eigenvalue weighted by atomic mass is 16.5. The van der Waals surface area contributed by atoms with Gasteiger partial charge < -0.3 is 4.74 Å². The zero-order chi connectivity index (χ0) is 9.10. The van der Waals surface area contributed by atoms with Crippen molar-refractivity contribution < 1.29 is 4.74 Å². The standard InChI is InChI=1S/C4H6N8O/c1-13-4-6-2(7-10-4)5-3-8-11-12-9-3/h1H3,(H3,5,6,7,8,9,10,11,12). The molecule has 0 fully saturated rings. The first-order valence-electron chi connectivity index (χ1n) is 3.35. The number of tetrazole rings is 1. The lowest BCUT2D eigenvalue weighted by molar-refractivity contribution is 0.382. The van der Waals surface area contributed by atoms with Crippen LogP contribution in [0.4, 0.5) is 11.9 Å². The first-order chi connectivity index (χ1) is 6.38. The van der Waals surface area contributed by atoms with Crippen molar-refractivity contribution in [3.05, 3.63) is 0 Å². The monoisotopic (exact) mass is 182 g/mol. The van der Waals surface area contributed by atoms with Crippen LogP contribution in [0.3, 0.4) is 0 Å². The summed E-state index contributed by atoms with van der Waals surface area (Å²) in [5.41, 5.74) is 0. The second-order valence-corrected chi connectivity index (χ2v) is 2.03. The van der Waals surface area contributed by atoms with Gasteiger partial charge in [0, 0.05) is 0 Å². The van der Waals surface area contributed by atoms with Crippen LogP contribution in [-0.4, -0.2) is 42.9 Å². The summed E-state index contributed by atoms with van der Waals surface area (Å²) in [6, 6.07) is 0.242. The van der Waals surface area contributed by atoms with Gasteiger partial charge in [0.15, 0.2) is 0 Å². The number of methoxy groups -OCH3 is 1. The Balaban J connectivity index is 2.10. The van der Waals surface area contributed by atoms with E-state index in [-0.39, 0.29) is 6.01 Å². The van der Waals surface area contributed by atoms with Crippen molar-refractivity contribution in [1.29, 1.82) is 0 Å². The van der Waals surface area contributed by atoms with Crippen LogP contribution in [0.25, 0.3) is 0 Å². The van der Waals surface area contributed by atoms with Gasteiger partial charge in [-0.15, -0.1) is 10.2 Å². The van der Waals surface area contributed by atoms with E-state index in [0.29, 0.717) is 11.9 Å². The summed E-state index contributed by atoms with van der Waals surface area (Å²) in [6.07, 6.45) is 0. The van der Waals surface area contributed by atoms with E-state index in [9.17, 15) is 0 Å². The molecule has 3 N–H and O–H groups in total. The Hall–Kier alpha value is -2.19. The topological polar surface area (TPSA) is 117 Å². The van der Waals surface area contributed by atoms with E-state index in [4.69, 9.17) is 4.74 Å². The van der Waals surface area contributed by atoms with Crippen LogP contribution >= 0.6 is 0 Å². The fourth-order valence-electron chi connectivity index (χ4n) is 0.714. The maximum absolute atomic E-state index is 4.76. The summed E-state index contributed by atoms with van der Waals surface area (Å²) in [6.45, 7) is 0. The molecule has 2 aromatic heterocycles. The zero-order valence-corrected chi connectivity index (χ0v) is 6.64. The molecular weight excluding hydrogens is 176 g/mol. The van der Waals surface area contributed by atoms with E-state index < -0.39 is 0 Å². The number of anilines is 2. The first-order valence-corrected chi connectivity index (χ1v) is 3.35. The van der Waals surface area contributed by atoms with E-state index in [1.165, 1.54) is 7.11 Å². The van der Waals surface area contributed by atoms with Gasteiger partial charge >= 0.3 is 6.01 Å². The Morgan fingerprint density at radius 2 is 2.31 bits per heavy atom. The molecule has 13 heavy (non-hydrogen) atoms. The van der Waals surface area contributed by atoms with Crippen LogP contribution in [0, 0.1) is 0 Å². The van der Waals surface area contributed by atoms with Gasteiger partial charge in [-0.3, -0.25) is 5.32 Å². The van der Waals surface area contributed by atoms with E-state index in [1.807, 2.05) is 0 Å². The number of rotatable bonds is 3. The Kier molecular flexibility index (Phi) is 1.75. The molecule has 0 amide bonds. The predicted molar refractivity (Wildman–Crippen MR) is 40.4 cm³/mol. The van der Waals surface area contributed by atoms with Crippen LogP contribution in [-0.2, 0) is 0 Å². The third-order valence-corrected chi connectivity index (χ3v) is 1.22. The number of ether oxygens (including phenoxy) is 1. The van der Waals surface area contributed by atoms with Gasteiger partial charge in [0.25, 0.3) is 5.95 Å². The summed E-state index contributed by atoms with van der Waals surface area (Å²) in [5, 5.41) is 22.0. The number of nitrogens with zero attached hydrogens (tertiary/aromatic N) is 5. The second kappa shape index (κ2) is 3.05. The second-order valence-electron chi connectivity index (χ2n) is 2.03. The molecule has 0 aliphatic rings. The van der Waals surface area contributed by atoms with Gasteiger partial charge in [-0.1, -0.05) is 5.10 Å². The molecule has 0 aliphatic carbocycles. The molecule has 2 heterocycles. The fraction of sp³-hybridized carbons (Fsp3) is 0.250. The molecular formula is C4H6N8O. The maximum atomic E-state index is 4.76. The predicted octanol–water partition coefficient (Wildman–Crippen LogP) is -0.930. The molecule has 0 unspecified atom stereocenters. The molecule has 0 bridgehead atoms. The number of aromatic amines is 2. The number of aromatic nitrogens is 7. The summed E-state index contributed by atoms with van der Waals surface area (Å²) in [7, 11) is 1.47. The normalized spacial score (nSPS) is 9.92. The molecule has 2 rings (SSSR count). The summed E-state index contributed by atoms with van der Waals surface area (Å²) in [5.74, 6) is 0.692. The lowest BCUT2D eigenvalue weighted by atomic mass is 10.9. The van der Waals surface area contributed by atoms with Gasteiger partial charge in [-0.2, -0.15) is 10.2 Å². The first kappa shape index (κ1) is 7.46. The minimum atomic E-state index is 0.242. The quantitative estimate of drug-likeness (QED) is 0.561. The molecule has 9 nitrogen and oxygen atoms in total.